The number of hydrogen-bond acceptors (Lipinski definition) is 4. The molecule has 0 aromatic heterocycles. The van der Waals surface area contributed by atoms with Crippen molar-refractivity contribution >= 4 is 5.96 Å². The molecule has 0 bridgehead atoms. The Morgan fingerprint density at radius 2 is 1.41 bits per heavy atom. The maximum Gasteiger partial charge on any atom is 0.416 e. The SMILES string of the molecule is CN/N=C(\N=N)N(Cc1cc(C(F)(F)F)cc(C(F)(F)F)c1)Cc1cc(C(F)(F)F)ccc1C1(OC)CCCCC1. The van der Waals surface area contributed by atoms with Gasteiger partial charge in [0.05, 0.1) is 22.3 Å². The number of hydrogen-bond donors (Lipinski definition) is 2. The number of nitrogens with zero attached hydrogens (tertiary/aromatic N) is 3. The maximum atomic E-state index is 13.7. The molecule has 6 nitrogen and oxygen atoms in total. The van der Waals surface area contributed by atoms with Crippen LogP contribution in [0.1, 0.15) is 65.5 Å². The zero-order valence-corrected chi connectivity index (χ0v) is 22.1. The van der Waals surface area contributed by atoms with Gasteiger partial charge in [-0.25, -0.2) is 5.53 Å². The Balaban J connectivity index is 2.19. The second-order valence-electron chi connectivity index (χ2n) is 9.65. The number of halogens is 9. The third-order valence-electron chi connectivity index (χ3n) is 6.95. The van der Waals surface area contributed by atoms with Crippen LogP contribution in [0.25, 0.3) is 0 Å². The summed E-state index contributed by atoms with van der Waals surface area (Å²) in [5.74, 6) is -0.475. The van der Waals surface area contributed by atoms with E-state index in [2.05, 4.69) is 15.6 Å². The molecule has 2 aromatic rings. The van der Waals surface area contributed by atoms with Crippen molar-refractivity contribution in [1.29, 1.82) is 5.53 Å². The average molecular weight is 598 g/mol. The van der Waals surface area contributed by atoms with Gasteiger partial charge in [-0.05, 0) is 59.9 Å². The number of alkyl halides is 9. The standard InChI is InChI=1S/C26H28F9N5O/c1-37-39-22(38-36)40(14-16-10-19(25(30,31)32)13-20(11-16)26(33,34)35)15-17-12-18(24(27,28)29)6-7-21(17)23(41-2)8-4-3-5-9-23/h6-7,10-13,36-37H,3-5,8-9,14-15H2,1-2H3/b38-36?,39-22+. The second-order valence-corrected chi connectivity index (χ2v) is 9.65. The average Bonchev–Trinajstić information content (AvgIpc) is 2.90. The van der Waals surface area contributed by atoms with Gasteiger partial charge in [0.15, 0.2) is 0 Å². The first kappa shape index (κ1) is 32.2. The minimum atomic E-state index is -5.11. The molecule has 1 aliphatic carbocycles. The number of hydrazone groups is 1. The van der Waals surface area contributed by atoms with Crippen molar-refractivity contribution in [1.82, 2.24) is 10.3 Å². The summed E-state index contributed by atoms with van der Waals surface area (Å²) in [4.78, 5) is 1.03. The number of ether oxygens (including phenoxy) is 1. The van der Waals surface area contributed by atoms with Gasteiger partial charge in [0.25, 0.3) is 5.96 Å². The Morgan fingerprint density at radius 3 is 1.88 bits per heavy atom. The molecule has 1 saturated carbocycles. The van der Waals surface area contributed by atoms with Gasteiger partial charge in [-0.2, -0.15) is 39.5 Å². The second kappa shape index (κ2) is 12.2. The molecule has 1 fully saturated rings. The Morgan fingerprint density at radius 1 is 0.854 bits per heavy atom. The van der Waals surface area contributed by atoms with Crippen LogP contribution in [0.2, 0.25) is 0 Å². The predicted molar refractivity (Wildman–Crippen MR) is 131 cm³/mol. The zero-order valence-electron chi connectivity index (χ0n) is 22.1. The highest BCUT2D eigenvalue weighted by Gasteiger charge is 2.39. The lowest BCUT2D eigenvalue weighted by molar-refractivity contribution is -0.143. The monoisotopic (exact) mass is 597 g/mol. The van der Waals surface area contributed by atoms with Gasteiger partial charge in [-0.3, -0.25) is 0 Å². The maximum absolute atomic E-state index is 13.7. The number of methoxy groups -OCH3 is 1. The van der Waals surface area contributed by atoms with E-state index in [1.165, 1.54) is 20.2 Å². The number of rotatable bonds is 7. The van der Waals surface area contributed by atoms with E-state index in [0.717, 1.165) is 36.3 Å². The summed E-state index contributed by atoms with van der Waals surface area (Å²) in [7, 11) is 2.74. The van der Waals surface area contributed by atoms with Gasteiger partial charge in [0.2, 0.25) is 0 Å². The predicted octanol–water partition coefficient (Wildman–Crippen LogP) is 8.07. The van der Waals surface area contributed by atoms with Gasteiger partial charge in [0, 0.05) is 27.2 Å². The van der Waals surface area contributed by atoms with Crippen LogP contribution in [0.15, 0.2) is 46.6 Å². The fourth-order valence-corrected chi connectivity index (χ4v) is 5.05. The van der Waals surface area contributed by atoms with Gasteiger partial charge >= 0.3 is 18.5 Å². The molecule has 1 aliphatic rings. The van der Waals surface area contributed by atoms with E-state index in [9.17, 15) is 39.5 Å². The van der Waals surface area contributed by atoms with Crippen LogP contribution in [0.4, 0.5) is 39.5 Å². The summed E-state index contributed by atoms with van der Waals surface area (Å²) in [5.41, 5.74) is 4.77. The van der Waals surface area contributed by atoms with Crippen molar-refractivity contribution in [3.8, 4) is 0 Å². The van der Waals surface area contributed by atoms with Crippen molar-refractivity contribution in [3.05, 3.63) is 69.8 Å². The zero-order chi connectivity index (χ0) is 30.6. The molecule has 2 aromatic carbocycles. The highest BCUT2D eigenvalue weighted by atomic mass is 19.4. The van der Waals surface area contributed by atoms with E-state index >= 15 is 0 Å². The molecule has 0 spiro atoms. The molecule has 0 saturated heterocycles. The first-order valence-corrected chi connectivity index (χ1v) is 12.4. The van der Waals surface area contributed by atoms with Gasteiger partial charge < -0.3 is 15.1 Å². The lowest BCUT2D eigenvalue weighted by atomic mass is 9.77. The number of nitrogens with one attached hydrogen (secondary N) is 2. The van der Waals surface area contributed by atoms with Crippen LogP contribution < -0.4 is 5.43 Å². The van der Waals surface area contributed by atoms with Crippen LogP contribution in [0.3, 0.4) is 0 Å². The topological polar surface area (TPSA) is 73.1 Å². The van der Waals surface area contributed by atoms with E-state index in [-0.39, 0.29) is 11.6 Å². The molecule has 3 rings (SSSR count). The summed E-state index contributed by atoms with van der Waals surface area (Å²) in [5, 5.41) is 7.00. The summed E-state index contributed by atoms with van der Waals surface area (Å²) in [6.07, 6.45) is -11.6. The normalized spacial score (nSPS) is 16.4. The molecular weight excluding hydrogens is 569 g/mol. The van der Waals surface area contributed by atoms with Crippen molar-refractivity contribution in [2.75, 3.05) is 14.2 Å². The summed E-state index contributed by atoms with van der Waals surface area (Å²) >= 11 is 0. The van der Waals surface area contributed by atoms with Crippen LogP contribution in [0.5, 0.6) is 0 Å². The van der Waals surface area contributed by atoms with Crippen LogP contribution in [0, 0.1) is 5.53 Å². The molecular formula is C26H28F9N5O. The third-order valence-corrected chi connectivity index (χ3v) is 6.95. The first-order valence-electron chi connectivity index (χ1n) is 12.4. The van der Waals surface area contributed by atoms with Crippen molar-refractivity contribution in [3.63, 3.8) is 0 Å². The smallest absolute Gasteiger partial charge is 0.374 e. The first-order chi connectivity index (χ1) is 19.0. The summed E-state index contributed by atoms with van der Waals surface area (Å²) in [6, 6.07) is 4.04. The largest absolute Gasteiger partial charge is 0.416 e. The van der Waals surface area contributed by atoms with Gasteiger partial charge in [0.1, 0.15) is 0 Å². The van der Waals surface area contributed by atoms with E-state index < -0.39 is 65.4 Å². The molecule has 15 heteroatoms. The van der Waals surface area contributed by atoms with E-state index in [4.69, 9.17) is 10.3 Å². The molecule has 41 heavy (non-hydrogen) atoms. The van der Waals surface area contributed by atoms with Crippen molar-refractivity contribution < 1.29 is 44.3 Å². The highest BCUT2D eigenvalue weighted by Crippen LogP contribution is 2.43. The Hall–Kier alpha value is -3.36. The number of benzene rings is 2. The summed E-state index contributed by atoms with van der Waals surface area (Å²) in [6.45, 7) is -1.17. The quantitative estimate of drug-likeness (QED) is 0.112. The molecule has 0 heterocycles. The molecule has 0 radical (unpaired) electrons. The van der Waals surface area contributed by atoms with E-state index in [1.54, 1.807) is 0 Å². The lowest BCUT2D eigenvalue weighted by Crippen LogP contribution is -2.35. The fourth-order valence-electron chi connectivity index (χ4n) is 5.05. The fraction of sp³-hybridized carbons (Fsp3) is 0.500. The molecule has 226 valence electrons. The third kappa shape index (κ3) is 7.68. The minimum Gasteiger partial charge on any atom is -0.374 e. The molecule has 0 atom stereocenters. The van der Waals surface area contributed by atoms with E-state index in [1.807, 2.05) is 0 Å². The van der Waals surface area contributed by atoms with E-state index in [0.29, 0.717) is 30.5 Å². The van der Waals surface area contributed by atoms with Gasteiger partial charge in [-0.15, -0.1) is 10.2 Å². The molecule has 2 N–H and O–H groups in total. The Kier molecular flexibility index (Phi) is 9.61. The molecule has 0 amide bonds. The van der Waals surface area contributed by atoms with Crippen LogP contribution >= 0.6 is 0 Å². The van der Waals surface area contributed by atoms with Gasteiger partial charge in [-0.1, -0.05) is 25.3 Å². The van der Waals surface area contributed by atoms with Crippen molar-refractivity contribution in [2.45, 2.75) is 69.3 Å². The number of guanidine groups is 1. The molecule has 0 unspecified atom stereocenters. The molecule has 0 aliphatic heterocycles. The highest BCUT2D eigenvalue weighted by molar-refractivity contribution is 5.80. The minimum absolute atomic E-state index is 0.0262. The van der Waals surface area contributed by atoms with Crippen molar-refractivity contribution in [2.24, 2.45) is 10.2 Å². The van der Waals surface area contributed by atoms with Crippen LogP contribution in [-0.4, -0.2) is 25.0 Å². The Labute approximate surface area is 230 Å². The van der Waals surface area contributed by atoms with Crippen LogP contribution in [-0.2, 0) is 42.0 Å². The lowest BCUT2D eigenvalue weighted by Gasteiger charge is -2.39. The Bertz CT molecular complexity index is 1220. The summed E-state index contributed by atoms with van der Waals surface area (Å²) < 4.78 is 128.